The maximum absolute atomic E-state index is 12.2. The Morgan fingerprint density at radius 3 is 2.57 bits per heavy atom. The Labute approximate surface area is 137 Å². The molecule has 21 heavy (non-hydrogen) atoms. The molecule has 0 amide bonds. The van der Waals surface area contributed by atoms with Crippen LogP contribution in [-0.4, -0.2) is 5.11 Å². The number of fused-ring (bicyclic) bond motifs is 1. The molecule has 1 N–H and O–H groups in total. The van der Waals surface area contributed by atoms with Crippen molar-refractivity contribution in [3.63, 3.8) is 0 Å². The molecule has 106 valence electrons. The first-order chi connectivity index (χ1) is 9.95. The van der Waals surface area contributed by atoms with E-state index < -0.39 is 0 Å². The largest absolute Gasteiger partial charge is 0.506 e. The van der Waals surface area contributed by atoms with Gasteiger partial charge in [-0.2, -0.15) is 0 Å². The van der Waals surface area contributed by atoms with Crippen molar-refractivity contribution in [1.29, 1.82) is 0 Å². The smallest absolute Gasteiger partial charge is 0.193 e. The van der Waals surface area contributed by atoms with Crippen molar-refractivity contribution >= 4 is 50.1 Å². The van der Waals surface area contributed by atoms with Crippen LogP contribution in [-0.2, 0) is 0 Å². The van der Waals surface area contributed by atoms with Crippen LogP contribution in [0.5, 0.6) is 5.75 Å². The van der Waals surface area contributed by atoms with Gasteiger partial charge in [-0.25, -0.2) is 0 Å². The van der Waals surface area contributed by atoms with E-state index in [2.05, 4.69) is 15.9 Å². The molecule has 0 bridgehead atoms. The van der Waals surface area contributed by atoms with E-state index in [1.54, 1.807) is 18.2 Å². The summed E-state index contributed by atoms with van der Waals surface area (Å²) in [6, 6.07) is 9.17. The van der Waals surface area contributed by atoms with Crippen LogP contribution in [0.4, 0.5) is 0 Å². The summed E-state index contributed by atoms with van der Waals surface area (Å²) in [5, 5.41) is 10.5. The predicted octanol–water partition coefficient (Wildman–Crippen LogP) is 5.23. The van der Waals surface area contributed by atoms with Gasteiger partial charge >= 0.3 is 0 Å². The molecule has 3 rings (SSSR count). The lowest BCUT2D eigenvalue weighted by Crippen LogP contribution is -2.00. The molecule has 0 fully saturated rings. The van der Waals surface area contributed by atoms with Gasteiger partial charge in [0, 0.05) is 16.7 Å². The number of rotatable bonds is 1. The molecule has 2 aromatic carbocycles. The first kappa shape index (κ1) is 14.4. The third kappa shape index (κ3) is 2.67. The van der Waals surface area contributed by atoms with Crippen LogP contribution in [0, 0.1) is 0 Å². The molecule has 0 radical (unpaired) electrons. The normalized spacial score (nSPS) is 11.0. The Balaban J connectivity index is 2.30. The van der Waals surface area contributed by atoms with E-state index in [1.165, 1.54) is 18.2 Å². The molecule has 0 atom stereocenters. The molecule has 0 spiro atoms. The SMILES string of the molecule is O=c1cc(-c2ccc(O)c(Cl)c2)oc2c(Br)cc(Cl)cc12. The number of benzene rings is 2. The zero-order chi connectivity index (χ0) is 15.1. The lowest BCUT2D eigenvalue weighted by atomic mass is 10.1. The van der Waals surface area contributed by atoms with Crippen molar-refractivity contribution in [2.45, 2.75) is 0 Å². The number of hydrogen-bond acceptors (Lipinski definition) is 3. The summed E-state index contributed by atoms with van der Waals surface area (Å²) in [6.07, 6.45) is 0. The predicted molar refractivity (Wildman–Crippen MR) is 87.3 cm³/mol. The summed E-state index contributed by atoms with van der Waals surface area (Å²) in [5.74, 6) is 0.328. The molecule has 3 nitrogen and oxygen atoms in total. The molecule has 0 aliphatic heterocycles. The Kier molecular flexibility index (Phi) is 3.69. The Bertz CT molecular complexity index is 919. The van der Waals surface area contributed by atoms with Crippen LogP contribution in [0.25, 0.3) is 22.3 Å². The molecule has 0 unspecified atom stereocenters. The maximum Gasteiger partial charge on any atom is 0.193 e. The highest BCUT2D eigenvalue weighted by Crippen LogP contribution is 2.32. The van der Waals surface area contributed by atoms with E-state index in [4.69, 9.17) is 27.6 Å². The van der Waals surface area contributed by atoms with Gasteiger partial charge in [-0.05, 0) is 46.3 Å². The number of phenolic OH excluding ortho intramolecular Hbond substituents is 1. The van der Waals surface area contributed by atoms with Crippen LogP contribution < -0.4 is 5.43 Å². The minimum absolute atomic E-state index is 0.0310. The minimum Gasteiger partial charge on any atom is -0.506 e. The average Bonchev–Trinajstić information content (AvgIpc) is 2.43. The molecule has 1 aromatic heterocycles. The minimum atomic E-state index is -0.210. The summed E-state index contributed by atoms with van der Waals surface area (Å²) in [5.41, 5.74) is 0.795. The van der Waals surface area contributed by atoms with Crippen LogP contribution in [0.2, 0.25) is 10.0 Å². The van der Waals surface area contributed by atoms with E-state index in [0.29, 0.717) is 31.8 Å². The third-order valence-corrected chi connectivity index (χ3v) is 4.09. The first-order valence-electron chi connectivity index (χ1n) is 5.87. The number of halogens is 3. The zero-order valence-corrected chi connectivity index (χ0v) is 13.5. The summed E-state index contributed by atoms with van der Waals surface area (Å²) >= 11 is 15.1. The summed E-state index contributed by atoms with van der Waals surface area (Å²) < 4.78 is 6.36. The van der Waals surface area contributed by atoms with Crippen LogP contribution in [0.3, 0.4) is 0 Å². The van der Waals surface area contributed by atoms with Crippen molar-refractivity contribution in [3.8, 4) is 17.1 Å². The monoisotopic (exact) mass is 384 g/mol. The van der Waals surface area contributed by atoms with Gasteiger partial charge in [0.25, 0.3) is 0 Å². The topological polar surface area (TPSA) is 50.4 Å². The molecule has 6 heteroatoms. The van der Waals surface area contributed by atoms with Crippen molar-refractivity contribution in [1.82, 2.24) is 0 Å². The van der Waals surface area contributed by atoms with Crippen LogP contribution in [0.1, 0.15) is 0 Å². The molecule has 1 heterocycles. The number of aromatic hydroxyl groups is 1. The van der Waals surface area contributed by atoms with Crippen molar-refractivity contribution in [2.24, 2.45) is 0 Å². The third-order valence-electron chi connectivity index (χ3n) is 2.98. The highest BCUT2D eigenvalue weighted by Gasteiger charge is 2.12. The van der Waals surface area contributed by atoms with Crippen molar-refractivity contribution < 1.29 is 9.52 Å². The average molecular weight is 386 g/mol. The molecule has 0 aliphatic rings. The summed E-state index contributed by atoms with van der Waals surface area (Å²) in [4.78, 5) is 12.2. The van der Waals surface area contributed by atoms with Gasteiger partial charge in [-0.3, -0.25) is 4.79 Å². The van der Waals surface area contributed by atoms with E-state index in [1.807, 2.05) is 0 Å². The fraction of sp³-hybridized carbons (Fsp3) is 0. The molecule has 0 saturated carbocycles. The van der Waals surface area contributed by atoms with Crippen LogP contribution in [0.15, 0.2) is 50.1 Å². The van der Waals surface area contributed by atoms with Gasteiger partial charge in [0.15, 0.2) is 11.0 Å². The molecular weight excluding hydrogens is 379 g/mol. The van der Waals surface area contributed by atoms with Gasteiger partial charge in [0.2, 0.25) is 0 Å². The highest BCUT2D eigenvalue weighted by atomic mass is 79.9. The Morgan fingerprint density at radius 2 is 1.86 bits per heavy atom. The second kappa shape index (κ2) is 5.37. The van der Waals surface area contributed by atoms with Gasteiger partial charge in [-0.1, -0.05) is 23.2 Å². The number of phenols is 1. The maximum atomic E-state index is 12.2. The Morgan fingerprint density at radius 1 is 1.10 bits per heavy atom. The Hall–Kier alpha value is -1.49. The standard InChI is InChI=1S/C15H7BrCl2O3/c16-10-5-8(17)4-9-13(20)6-14(21-15(9)10)7-1-2-12(19)11(18)3-7/h1-6,19H. The van der Waals surface area contributed by atoms with Gasteiger partial charge in [0.1, 0.15) is 11.5 Å². The summed E-state index contributed by atoms with van der Waals surface area (Å²) in [6.45, 7) is 0. The van der Waals surface area contributed by atoms with Crippen LogP contribution >= 0.6 is 39.1 Å². The van der Waals surface area contributed by atoms with E-state index in [-0.39, 0.29) is 16.2 Å². The summed E-state index contributed by atoms with van der Waals surface area (Å²) in [7, 11) is 0. The van der Waals surface area contributed by atoms with Crippen molar-refractivity contribution in [3.05, 3.63) is 61.1 Å². The second-order valence-electron chi connectivity index (χ2n) is 4.41. The first-order valence-corrected chi connectivity index (χ1v) is 7.42. The molecule has 0 aliphatic carbocycles. The molecular formula is C15H7BrCl2O3. The van der Waals surface area contributed by atoms with E-state index in [9.17, 15) is 9.90 Å². The zero-order valence-electron chi connectivity index (χ0n) is 10.4. The van der Waals surface area contributed by atoms with E-state index >= 15 is 0 Å². The quantitative estimate of drug-likeness (QED) is 0.623. The van der Waals surface area contributed by atoms with E-state index in [0.717, 1.165) is 0 Å². The number of hydrogen-bond donors (Lipinski definition) is 1. The fourth-order valence-corrected chi connectivity index (χ4v) is 3.06. The lowest BCUT2D eigenvalue weighted by Gasteiger charge is -2.06. The molecule has 0 saturated heterocycles. The lowest BCUT2D eigenvalue weighted by molar-refractivity contribution is 0.475. The second-order valence-corrected chi connectivity index (χ2v) is 6.10. The highest BCUT2D eigenvalue weighted by molar-refractivity contribution is 9.10. The van der Waals surface area contributed by atoms with Gasteiger partial charge < -0.3 is 9.52 Å². The molecule has 3 aromatic rings. The van der Waals surface area contributed by atoms with Gasteiger partial charge in [0.05, 0.1) is 14.9 Å². The fourth-order valence-electron chi connectivity index (χ4n) is 1.99. The van der Waals surface area contributed by atoms with Gasteiger partial charge in [-0.15, -0.1) is 0 Å². The van der Waals surface area contributed by atoms with Crippen molar-refractivity contribution in [2.75, 3.05) is 0 Å².